The summed E-state index contributed by atoms with van der Waals surface area (Å²) in [4.78, 5) is 0. The molecule has 0 bridgehead atoms. The van der Waals surface area contributed by atoms with E-state index in [9.17, 15) is 10.5 Å². The van der Waals surface area contributed by atoms with Gasteiger partial charge in [0.2, 0.25) is 0 Å². The van der Waals surface area contributed by atoms with Crippen LogP contribution >= 0.6 is 0 Å². The normalized spacial score (nSPS) is 10.5. The van der Waals surface area contributed by atoms with Gasteiger partial charge in [-0.15, -0.1) is 0 Å². The summed E-state index contributed by atoms with van der Waals surface area (Å²) in [6.45, 7) is 8.17. The van der Waals surface area contributed by atoms with Gasteiger partial charge in [0.1, 0.15) is 0 Å². The third kappa shape index (κ3) is 3.08. The van der Waals surface area contributed by atoms with Gasteiger partial charge in [-0.25, -0.2) is 0 Å². The van der Waals surface area contributed by atoms with Gasteiger partial charge in [-0.2, -0.15) is 10.5 Å². The molecule has 0 spiro atoms. The highest BCUT2D eigenvalue weighted by atomic mass is 14.4. The number of nitrogens with zero attached hydrogens (tertiary/aromatic N) is 2. The summed E-state index contributed by atoms with van der Waals surface area (Å²) in [7, 11) is 0. The van der Waals surface area contributed by atoms with Crippen molar-refractivity contribution in [1.82, 2.24) is 0 Å². The van der Waals surface area contributed by atoms with Crippen LogP contribution in [0, 0.1) is 36.5 Å². The van der Waals surface area contributed by atoms with E-state index < -0.39 is 5.41 Å². The summed E-state index contributed by atoms with van der Waals surface area (Å²) in [6, 6.07) is 19.8. The van der Waals surface area contributed by atoms with Crippen molar-refractivity contribution < 1.29 is 0 Å². The molecule has 0 amide bonds. The lowest BCUT2D eigenvalue weighted by Crippen LogP contribution is -2.22. The average molecular weight is 286 g/mol. The number of nitriles is 2. The Labute approximate surface area is 132 Å². The van der Waals surface area contributed by atoms with Crippen LogP contribution in [-0.2, 0) is 5.41 Å². The molecule has 0 unspecified atom stereocenters. The highest BCUT2D eigenvalue weighted by molar-refractivity contribution is 5.68. The molecule has 2 nitrogen and oxygen atoms in total. The van der Waals surface area contributed by atoms with Crippen LogP contribution < -0.4 is 0 Å². The van der Waals surface area contributed by atoms with Gasteiger partial charge < -0.3 is 0 Å². The predicted molar refractivity (Wildman–Crippen MR) is 88.9 cm³/mol. The Morgan fingerprint density at radius 3 is 2.05 bits per heavy atom. The number of allylic oxidation sites excluding steroid dienone is 1. The van der Waals surface area contributed by atoms with E-state index in [2.05, 4.69) is 24.8 Å². The largest absolute Gasteiger partial charge is 0.196 e. The molecule has 0 heterocycles. The molecule has 2 aromatic carbocycles. The molecule has 22 heavy (non-hydrogen) atoms. The van der Waals surface area contributed by atoms with E-state index >= 15 is 0 Å². The van der Waals surface area contributed by atoms with Gasteiger partial charge in [0, 0.05) is 6.42 Å². The molecule has 0 aliphatic carbocycles. The first-order chi connectivity index (χ1) is 10.5. The van der Waals surface area contributed by atoms with Crippen molar-refractivity contribution in [3.8, 4) is 12.1 Å². The Kier molecular flexibility index (Phi) is 4.44. The summed E-state index contributed by atoms with van der Waals surface area (Å²) >= 11 is 0. The highest BCUT2D eigenvalue weighted by Crippen LogP contribution is 2.33. The summed E-state index contributed by atoms with van der Waals surface area (Å²) < 4.78 is 0. The van der Waals surface area contributed by atoms with Crippen LogP contribution in [-0.4, -0.2) is 0 Å². The standard InChI is InChI=1S/C20H18N2/c1-15-9-16(2)11-18(10-15)17(3)12-20(13-21,14-22)19-7-5-4-6-8-19/h4-11H,3,12H2,1-2H3. The van der Waals surface area contributed by atoms with Crippen molar-refractivity contribution in [3.63, 3.8) is 0 Å². The molecular weight excluding hydrogens is 268 g/mol. The zero-order valence-corrected chi connectivity index (χ0v) is 12.9. The van der Waals surface area contributed by atoms with Crippen molar-refractivity contribution >= 4 is 5.57 Å². The van der Waals surface area contributed by atoms with E-state index in [4.69, 9.17) is 0 Å². The molecule has 2 aromatic rings. The van der Waals surface area contributed by atoms with Crippen molar-refractivity contribution in [3.05, 3.63) is 77.4 Å². The van der Waals surface area contributed by atoms with Crippen LogP contribution in [0.5, 0.6) is 0 Å². The quantitative estimate of drug-likeness (QED) is 0.818. The summed E-state index contributed by atoms with van der Waals surface area (Å²) in [5, 5.41) is 19.2. The third-order valence-electron chi connectivity index (χ3n) is 3.76. The van der Waals surface area contributed by atoms with Crippen molar-refractivity contribution in [2.45, 2.75) is 25.7 Å². The van der Waals surface area contributed by atoms with E-state index in [1.54, 1.807) is 0 Å². The SMILES string of the molecule is C=C(CC(C#N)(C#N)c1ccccc1)c1cc(C)cc(C)c1. The molecule has 0 saturated heterocycles. The molecule has 0 N–H and O–H groups in total. The topological polar surface area (TPSA) is 47.6 Å². The molecule has 0 aliphatic rings. The Balaban J connectivity index is 2.39. The van der Waals surface area contributed by atoms with Gasteiger partial charge in [0.15, 0.2) is 5.41 Å². The Morgan fingerprint density at radius 2 is 1.55 bits per heavy atom. The zero-order valence-electron chi connectivity index (χ0n) is 12.9. The monoisotopic (exact) mass is 286 g/mol. The zero-order chi connectivity index (χ0) is 16.2. The lowest BCUT2D eigenvalue weighted by molar-refractivity contribution is 0.724. The number of rotatable bonds is 4. The molecule has 2 rings (SSSR count). The van der Waals surface area contributed by atoms with Crippen molar-refractivity contribution in [1.29, 1.82) is 10.5 Å². The van der Waals surface area contributed by atoms with Gasteiger partial charge in [-0.05, 0) is 30.5 Å². The van der Waals surface area contributed by atoms with Crippen LogP contribution in [0.2, 0.25) is 0 Å². The maximum atomic E-state index is 9.62. The van der Waals surface area contributed by atoms with Gasteiger partial charge in [0.05, 0.1) is 12.1 Å². The summed E-state index contributed by atoms with van der Waals surface area (Å²) in [6.07, 6.45) is 0.299. The Hall–Kier alpha value is -2.84. The van der Waals surface area contributed by atoms with Crippen LogP contribution in [0.25, 0.3) is 5.57 Å². The van der Waals surface area contributed by atoms with Gasteiger partial charge in [-0.3, -0.25) is 0 Å². The fourth-order valence-electron chi connectivity index (χ4n) is 2.66. The van der Waals surface area contributed by atoms with Gasteiger partial charge >= 0.3 is 0 Å². The number of aryl methyl sites for hydroxylation is 2. The minimum absolute atomic E-state index is 0.299. The molecule has 0 radical (unpaired) electrons. The minimum Gasteiger partial charge on any atom is -0.196 e. The molecule has 0 fully saturated rings. The Bertz CT molecular complexity index is 739. The number of benzene rings is 2. The molecular formula is C20H18N2. The molecule has 0 aliphatic heterocycles. The maximum absolute atomic E-state index is 9.62. The van der Waals surface area contributed by atoms with E-state index in [1.807, 2.05) is 56.3 Å². The summed E-state index contributed by atoms with van der Waals surface area (Å²) in [5.74, 6) is 0. The predicted octanol–water partition coefficient (Wildman–Crippen LogP) is 4.69. The minimum atomic E-state index is -1.20. The van der Waals surface area contributed by atoms with Crippen LogP contribution in [0.15, 0.2) is 55.1 Å². The first-order valence-corrected chi connectivity index (χ1v) is 7.15. The number of hydrogen-bond donors (Lipinski definition) is 0. The second kappa shape index (κ2) is 6.29. The molecule has 0 saturated carbocycles. The van der Waals surface area contributed by atoms with Crippen LogP contribution in [0.1, 0.15) is 28.7 Å². The van der Waals surface area contributed by atoms with E-state index in [1.165, 1.54) is 0 Å². The second-order valence-corrected chi connectivity index (χ2v) is 5.65. The Morgan fingerprint density at radius 1 is 1.00 bits per heavy atom. The van der Waals surface area contributed by atoms with Crippen molar-refractivity contribution in [2.75, 3.05) is 0 Å². The van der Waals surface area contributed by atoms with E-state index in [-0.39, 0.29) is 0 Å². The fraction of sp³-hybridized carbons (Fsp3) is 0.200. The number of hydrogen-bond acceptors (Lipinski definition) is 2. The van der Waals surface area contributed by atoms with Crippen molar-refractivity contribution in [2.24, 2.45) is 0 Å². The molecule has 108 valence electrons. The lowest BCUT2D eigenvalue weighted by Gasteiger charge is -2.21. The van der Waals surface area contributed by atoms with Crippen LogP contribution in [0.4, 0.5) is 0 Å². The molecule has 0 aromatic heterocycles. The molecule has 0 atom stereocenters. The van der Waals surface area contributed by atoms with E-state index in [0.717, 1.165) is 22.3 Å². The smallest absolute Gasteiger partial charge is 0.172 e. The summed E-state index contributed by atoms with van der Waals surface area (Å²) in [5.41, 5.74) is 3.61. The average Bonchev–Trinajstić information content (AvgIpc) is 2.52. The van der Waals surface area contributed by atoms with E-state index in [0.29, 0.717) is 12.0 Å². The van der Waals surface area contributed by atoms with Gasteiger partial charge in [-0.1, -0.05) is 66.2 Å². The second-order valence-electron chi connectivity index (χ2n) is 5.65. The van der Waals surface area contributed by atoms with Gasteiger partial charge in [0.25, 0.3) is 0 Å². The first-order valence-electron chi connectivity index (χ1n) is 7.15. The first kappa shape index (κ1) is 15.5. The van der Waals surface area contributed by atoms with Crippen LogP contribution in [0.3, 0.4) is 0 Å². The fourth-order valence-corrected chi connectivity index (χ4v) is 2.66. The molecule has 2 heteroatoms. The lowest BCUT2D eigenvalue weighted by atomic mass is 9.77. The maximum Gasteiger partial charge on any atom is 0.172 e. The third-order valence-corrected chi connectivity index (χ3v) is 3.76. The highest BCUT2D eigenvalue weighted by Gasteiger charge is 2.33.